The van der Waals surface area contributed by atoms with Crippen LogP contribution in [0.5, 0.6) is 0 Å². The number of anilines is 3. The molecule has 300 valence electrons. The first-order chi connectivity index (χ1) is 31.8. The predicted molar refractivity (Wildman–Crippen MR) is 276 cm³/mol. The van der Waals surface area contributed by atoms with Crippen molar-refractivity contribution in [3.63, 3.8) is 0 Å². The van der Waals surface area contributed by atoms with Gasteiger partial charge in [0.2, 0.25) is 0 Å². The molecule has 0 unspecified atom stereocenters. The van der Waals surface area contributed by atoms with E-state index >= 15 is 0 Å². The first-order valence-electron chi connectivity index (χ1n) is 21.9. The van der Waals surface area contributed by atoms with E-state index in [1.165, 1.54) is 91.8 Å². The molecule has 0 saturated heterocycles. The lowest BCUT2D eigenvalue weighted by atomic mass is 9.89. The molecule has 12 aromatic rings. The maximum atomic E-state index is 2.51. The number of hydrogen-bond acceptors (Lipinski definition) is 2. The molecule has 0 spiro atoms. The lowest BCUT2D eigenvalue weighted by molar-refractivity contribution is 1.30. The standard InChI is InChI=1S/C62H41NS/c1-4-18-42(19-5-1)46-36-39-50(43-20-6-2-7-21-43)58(41-46)44-34-37-48(38-35-44)63(49-25-16-24-47(40-49)51-31-17-32-57-54-28-14-15-33-59(54)64-62(51)57)61-56-30-13-11-27-53(56)52-26-10-12-29-55(52)60(61)45-22-8-3-9-23-45/h1-41H. The number of nitrogens with zero attached hydrogens (tertiary/aromatic N) is 1. The van der Waals surface area contributed by atoms with E-state index in [1.54, 1.807) is 0 Å². The molecular weight excluding hydrogens is 791 g/mol. The normalized spacial score (nSPS) is 11.4. The summed E-state index contributed by atoms with van der Waals surface area (Å²) in [5.74, 6) is 0. The van der Waals surface area contributed by atoms with Crippen molar-refractivity contribution < 1.29 is 0 Å². The van der Waals surface area contributed by atoms with Gasteiger partial charge in [-0.25, -0.2) is 0 Å². The van der Waals surface area contributed by atoms with Crippen LogP contribution in [0.15, 0.2) is 249 Å². The second-order valence-electron chi connectivity index (χ2n) is 16.4. The van der Waals surface area contributed by atoms with Gasteiger partial charge < -0.3 is 4.90 Å². The molecule has 1 heterocycles. The summed E-state index contributed by atoms with van der Waals surface area (Å²) < 4.78 is 2.62. The van der Waals surface area contributed by atoms with E-state index in [4.69, 9.17) is 0 Å². The highest BCUT2D eigenvalue weighted by atomic mass is 32.1. The van der Waals surface area contributed by atoms with E-state index in [2.05, 4.69) is 254 Å². The Labute approximate surface area is 377 Å². The molecule has 0 N–H and O–H groups in total. The van der Waals surface area contributed by atoms with Gasteiger partial charge in [0.25, 0.3) is 0 Å². The number of hydrogen-bond donors (Lipinski definition) is 0. The first-order valence-corrected chi connectivity index (χ1v) is 22.7. The molecule has 1 aromatic heterocycles. The zero-order valence-electron chi connectivity index (χ0n) is 35.0. The van der Waals surface area contributed by atoms with Gasteiger partial charge in [0, 0.05) is 42.5 Å². The zero-order chi connectivity index (χ0) is 42.4. The summed E-state index contributed by atoms with van der Waals surface area (Å²) in [7, 11) is 0. The van der Waals surface area contributed by atoms with Crippen molar-refractivity contribution in [2.24, 2.45) is 0 Å². The third kappa shape index (κ3) is 6.55. The Morgan fingerprint density at radius 1 is 0.266 bits per heavy atom. The number of benzene rings is 11. The summed E-state index contributed by atoms with van der Waals surface area (Å²) in [6.45, 7) is 0. The van der Waals surface area contributed by atoms with Crippen molar-refractivity contribution in [1.29, 1.82) is 0 Å². The van der Waals surface area contributed by atoms with Gasteiger partial charge in [-0.3, -0.25) is 0 Å². The number of fused-ring (bicyclic) bond motifs is 6. The van der Waals surface area contributed by atoms with Crippen LogP contribution in [0.25, 0.3) is 97.4 Å². The van der Waals surface area contributed by atoms with Gasteiger partial charge in [0.05, 0.1) is 5.69 Å². The molecule has 0 aliphatic heterocycles. The smallest absolute Gasteiger partial charge is 0.0624 e. The number of thiophene rings is 1. The highest BCUT2D eigenvalue weighted by molar-refractivity contribution is 7.26. The summed E-state index contributed by atoms with van der Waals surface area (Å²) in [6, 6.07) is 91.0. The van der Waals surface area contributed by atoms with Crippen molar-refractivity contribution >= 4 is 70.1 Å². The second-order valence-corrected chi connectivity index (χ2v) is 17.4. The maximum Gasteiger partial charge on any atom is 0.0624 e. The minimum Gasteiger partial charge on any atom is -0.309 e. The zero-order valence-corrected chi connectivity index (χ0v) is 35.8. The Bertz CT molecular complexity index is 3650. The fraction of sp³-hybridized carbons (Fsp3) is 0. The molecule has 0 aliphatic rings. The van der Waals surface area contributed by atoms with Crippen LogP contribution in [-0.2, 0) is 0 Å². The maximum absolute atomic E-state index is 2.51. The van der Waals surface area contributed by atoms with E-state index < -0.39 is 0 Å². The largest absolute Gasteiger partial charge is 0.309 e. The molecule has 0 bridgehead atoms. The van der Waals surface area contributed by atoms with Crippen LogP contribution in [0.3, 0.4) is 0 Å². The van der Waals surface area contributed by atoms with Gasteiger partial charge in [0.1, 0.15) is 0 Å². The highest BCUT2D eigenvalue weighted by Crippen LogP contribution is 2.50. The fourth-order valence-corrected chi connectivity index (χ4v) is 10.9. The van der Waals surface area contributed by atoms with E-state index in [-0.39, 0.29) is 0 Å². The Kier molecular flexibility index (Phi) is 9.43. The van der Waals surface area contributed by atoms with Gasteiger partial charge in [-0.15, -0.1) is 11.3 Å². The van der Waals surface area contributed by atoms with Crippen molar-refractivity contribution in [3.05, 3.63) is 249 Å². The van der Waals surface area contributed by atoms with Crippen molar-refractivity contribution in [2.75, 3.05) is 4.90 Å². The Hall–Kier alpha value is -8.04. The quantitative estimate of drug-likeness (QED) is 0.138. The van der Waals surface area contributed by atoms with E-state index in [1.807, 2.05) is 11.3 Å². The summed E-state index contributed by atoms with van der Waals surface area (Å²) in [5, 5.41) is 7.50. The van der Waals surface area contributed by atoms with E-state index in [0.717, 1.165) is 22.6 Å². The summed E-state index contributed by atoms with van der Waals surface area (Å²) >= 11 is 1.88. The third-order valence-electron chi connectivity index (χ3n) is 12.7. The molecule has 0 aliphatic carbocycles. The van der Waals surface area contributed by atoms with Gasteiger partial charge in [-0.2, -0.15) is 0 Å². The Morgan fingerprint density at radius 3 is 1.53 bits per heavy atom. The van der Waals surface area contributed by atoms with Crippen LogP contribution in [0.4, 0.5) is 17.1 Å². The van der Waals surface area contributed by atoms with Crippen LogP contribution < -0.4 is 4.90 Å². The first kappa shape index (κ1) is 37.7. The molecule has 0 radical (unpaired) electrons. The topological polar surface area (TPSA) is 3.24 Å². The minimum atomic E-state index is 1.08. The lowest BCUT2D eigenvalue weighted by Crippen LogP contribution is -2.12. The van der Waals surface area contributed by atoms with E-state index in [9.17, 15) is 0 Å². The van der Waals surface area contributed by atoms with Crippen molar-refractivity contribution in [3.8, 4) is 55.6 Å². The minimum absolute atomic E-state index is 1.08. The van der Waals surface area contributed by atoms with Gasteiger partial charge in [-0.1, -0.05) is 212 Å². The molecule has 0 fully saturated rings. The van der Waals surface area contributed by atoms with Gasteiger partial charge >= 0.3 is 0 Å². The van der Waals surface area contributed by atoms with Crippen LogP contribution in [0, 0.1) is 0 Å². The van der Waals surface area contributed by atoms with Crippen LogP contribution in [0.2, 0.25) is 0 Å². The Morgan fingerprint density at radius 2 is 0.797 bits per heavy atom. The SMILES string of the molecule is c1ccc(-c2ccc(-c3ccccc3)c(-c3ccc(N(c4cccc(-c5cccc6c5sc5ccccc56)c4)c4c(-c5ccccc5)c5ccccc5c5ccccc45)cc3)c2)cc1. The molecule has 64 heavy (non-hydrogen) atoms. The van der Waals surface area contributed by atoms with Gasteiger partial charge in [0.15, 0.2) is 0 Å². The van der Waals surface area contributed by atoms with Crippen LogP contribution in [0.1, 0.15) is 0 Å². The summed E-state index contributed by atoms with van der Waals surface area (Å²) in [5.41, 5.74) is 15.3. The van der Waals surface area contributed by atoms with Crippen molar-refractivity contribution in [2.45, 2.75) is 0 Å². The highest BCUT2D eigenvalue weighted by Gasteiger charge is 2.24. The Balaban J connectivity index is 1.11. The average Bonchev–Trinajstić information content (AvgIpc) is 3.76. The monoisotopic (exact) mass is 831 g/mol. The van der Waals surface area contributed by atoms with Crippen molar-refractivity contribution in [1.82, 2.24) is 0 Å². The fourth-order valence-electron chi connectivity index (χ4n) is 9.70. The summed E-state index contributed by atoms with van der Waals surface area (Å²) in [6.07, 6.45) is 0. The van der Waals surface area contributed by atoms with Crippen LogP contribution >= 0.6 is 11.3 Å². The average molecular weight is 832 g/mol. The molecule has 11 aromatic carbocycles. The predicted octanol–water partition coefficient (Wildman–Crippen LogP) is 18.2. The van der Waals surface area contributed by atoms with Crippen LogP contribution in [-0.4, -0.2) is 0 Å². The molecule has 0 atom stereocenters. The molecule has 12 rings (SSSR count). The van der Waals surface area contributed by atoms with E-state index in [0.29, 0.717) is 0 Å². The number of rotatable bonds is 8. The van der Waals surface area contributed by atoms with Gasteiger partial charge in [-0.05, 0) is 103 Å². The molecule has 2 heteroatoms. The lowest BCUT2D eigenvalue weighted by Gasteiger charge is -2.31. The third-order valence-corrected chi connectivity index (χ3v) is 13.9. The molecular formula is C62H41NS. The molecule has 0 amide bonds. The second kappa shape index (κ2) is 16.0. The molecule has 0 saturated carbocycles. The summed E-state index contributed by atoms with van der Waals surface area (Å²) in [4.78, 5) is 2.51. The molecule has 1 nitrogen and oxygen atoms in total.